The molecular formula is C19H31N3O3. The van der Waals surface area contributed by atoms with Crippen molar-refractivity contribution >= 4 is 11.9 Å². The number of hydrogen-bond donors (Lipinski definition) is 1. The van der Waals surface area contributed by atoms with Crippen LogP contribution in [0.1, 0.15) is 57.8 Å². The zero-order chi connectivity index (χ0) is 17.2. The molecule has 4 aliphatic rings. The molecule has 0 radical (unpaired) electrons. The lowest BCUT2D eigenvalue weighted by Crippen LogP contribution is -2.52. The highest BCUT2D eigenvalue weighted by molar-refractivity contribution is 5.82. The van der Waals surface area contributed by atoms with Crippen LogP contribution in [0.5, 0.6) is 0 Å². The van der Waals surface area contributed by atoms with Crippen molar-refractivity contribution in [2.24, 2.45) is 5.92 Å². The Morgan fingerprint density at radius 3 is 2.32 bits per heavy atom. The summed E-state index contributed by atoms with van der Waals surface area (Å²) in [6.45, 7) is 2.95. The topological polar surface area (TPSA) is 61.9 Å². The van der Waals surface area contributed by atoms with Crippen LogP contribution in [-0.2, 0) is 9.53 Å². The van der Waals surface area contributed by atoms with Crippen LogP contribution in [0.4, 0.5) is 4.79 Å². The van der Waals surface area contributed by atoms with E-state index in [1.165, 1.54) is 12.8 Å². The summed E-state index contributed by atoms with van der Waals surface area (Å²) in [6, 6.07) is 0.904. The van der Waals surface area contributed by atoms with E-state index in [0.717, 1.165) is 64.7 Å². The van der Waals surface area contributed by atoms with Crippen LogP contribution in [0.2, 0.25) is 0 Å². The van der Waals surface area contributed by atoms with Gasteiger partial charge >= 0.3 is 6.03 Å². The van der Waals surface area contributed by atoms with Crippen molar-refractivity contribution in [3.63, 3.8) is 0 Å². The second-order valence-electron chi connectivity index (χ2n) is 8.18. The second-order valence-corrected chi connectivity index (χ2v) is 8.18. The molecule has 0 aromatic heterocycles. The van der Waals surface area contributed by atoms with Crippen molar-refractivity contribution < 1.29 is 14.3 Å². The Balaban J connectivity index is 1.38. The molecule has 6 heteroatoms. The summed E-state index contributed by atoms with van der Waals surface area (Å²) in [4.78, 5) is 29.5. The summed E-state index contributed by atoms with van der Waals surface area (Å²) in [6.07, 6.45) is 9.52. The summed E-state index contributed by atoms with van der Waals surface area (Å²) < 4.78 is 5.49. The molecule has 0 bridgehead atoms. The number of likely N-dealkylation sites (tertiary alicyclic amines) is 1. The number of carbonyl (C=O) groups is 2. The molecule has 2 saturated heterocycles. The lowest BCUT2D eigenvalue weighted by Gasteiger charge is -2.38. The fraction of sp³-hybridized carbons (Fsp3) is 0.895. The van der Waals surface area contributed by atoms with Crippen LogP contribution in [0, 0.1) is 5.92 Å². The Labute approximate surface area is 150 Å². The van der Waals surface area contributed by atoms with Gasteiger partial charge < -0.3 is 19.9 Å². The van der Waals surface area contributed by atoms with Gasteiger partial charge in [-0.1, -0.05) is 12.8 Å². The lowest BCUT2D eigenvalue weighted by atomic mass is 10.0. The number of carbonyl (C=O) groups excluding carboxylic acids is 2. The highest BCUT2D eigenvalue weighted by Crippen LogP contribution is 2.35. The largest absolute Gasteiger partial charge is 0.381 e. The van der Waals surface area contributed by atoms with E-state index in [0.29, 0.717) is 24.5 Å². The molecule has 140 valence electrons. The van der Waals surface area contributed by atoms with Crippen molar-refractivity contribution in [3.8, 4) is 0 Å². The molecule has 1 N–H and O–H groups in total. The van der Waals surface area contributed by atoms with Gasteiger partial charge in [-0.2, -0.15) is 0 Å². The van der Waals surface area contributed by atoms with Gasteiger partial charge in [-0.25, -0.2) is 4.79 Å². The third-order valence-corrected chi connectivity index (χ3v) is 6.29. The molecular weight excluding hydrogens is 318 g/mol. The molecule has 25 heavy (non-hydrogen) atoms. The molecule has 4 rings (SSSR count). The van der Waals surface area contributed by atoms with E-state index in [4.69, 9.17) is 4.74 Å². The van der Waals surface area contributed by atoms with Crippen LogP contribution >= 0.6 is 0 Å². The minimum Gasteiger partial charge on any atom is -0.381 e. The van der Waals surface area contributed by atoms with Crippen molar-refractivity contribution in [1.29, 1.82) is 0 Å². The first-order valence-corrected chi connectivity index (χ1v) is 10.2. The third-order valence-electron chi connectivity index (χ3n) is 6.29. The van der Waals surface area contributed by atoms with Gasteiger partial charge in [-0.15, -0.1) is 0 Å². The van der Waals surface area contributed by atoms with Gasteiger partial charge in [-0.3, -0.25) is 4.79 Å². The fourth-order valence-electron chi connectivity index (χ4n) is 4.65. The smallest absolute Gasteiger partial charge is 0.317 e. The molecule has 6 nitrogen and oxygen atoms in total. The predicted octanol–water partition coefficient (Wildman–Crippen LogP) is 2.13. The first-order chi connectivity index (χ1) is 12.2. The van der Waals surface area contributed by atoms with Crippen LogP contribution in [0.15, 0.2) is 0 Å². The molecule has 2 aliphatic heterocycles. The number of urea groups is 1. The Bertz CT molecular complexity index is 496. The molecule has 1 unspecified atom stereocenters. The lowest BCUT2D eigenvalue weighted by molar-refractivity contribution is -0.139. The van der Waals surface area contributed by atoms with E-state index < -0.39 is 0 Å². The number of rotatable bonds is 4. The normalized spacial score (nSPS) is 28.3. The monoisotopic (exact) mass is 349 g/mol. The molecule has 2 aliphatic carbocycles. The third kappa shape index (κ3) is 3.94. The van der Waals surface area contributed by atoms with Crippen LogP contribution < -0.4 is 5.32 Å². The Morgan fingerprint density at radius 1 is 0.920 bits per heavy atom. The molecule has 4 fully saturated rings. The van der Waals surface area contributed by atoms with Gasteiger partial charge in [0.2, 0.25) is 5.91 Å². The minimum absolute atomic E-state index is 0.0696. The molecule has 3 amide bonds. The average Bonchev–Trinajstić information content (AvgIpc) is 3.14. The molecule has 0 aromatic rings. The van der Waals surface area contributed by atoms with E-state index in [1.807, 2.05) is 4.90 Å². The summed E-state index contributed by atoms with van der Waals surface area (Å²) in [5, 5.41) is 3.19. The summed E-state index contributed by atoms with van der Waals surface area (Å²) in [7, 11) is 0. The summed E-state index contributed by atoms with van der Waals surface area (Å²) in [5.41, 5.74) is 0. The van der Waals surface area contributed by atoms with Crippen molar-refractivity contribution in [2.45, 2.75) is 75.9 Å². The van der Waals surface area contributed by atoms with Gasteiger partial charge in [-0.05, 0) is 44.9 Å². The van der Waals surface area contributed by atoms with Gasteiger partial charge in [0.15, 0.2) is 0 Å². The molecule has 0 spiro atoms. The van der Waals surface area contributed by atoms with Gasteiger partial charge in [0.25, 0.3) is 0 Å². The summed E-state index contributed by atoms with van der Waals surface area (Å²) in [5.74, 6) is 0.569. The van der Waals surface area contributed by atoms with Crippen LogP contribution in [0.3, 0.4) is 0 Å². The fourth-order valence-corrected chi connectivity index (χ4v) is 4.65. The maximum absolute atomic E-state index is 12.9. The maximum Gasteiger partial charge on any atom is 0.317 e. The zero-order valence-corrected chi connectivity index (χ0v) is 15.1. The van der Waals surface area contributed by atoms with E-state index in [2.05, 4.69) is 10.2 Å². The van der Waals surface area contributed by atoms with Crippen LogP contribution in [-0.4, -0.2) is 66.2 Å². The predicted molar refractivity (Wildman–Crippen MR) is 94.2 cm³/mol. The number of nitrogens with zero attached hydrogens (tertiary/aromatic N) is 2. The number of hydrogen-bond acceptors (Lipinski definition) is 3. The Morgan fingerprint density at radius 2 is 1.64 bits per heavy atom. The van der Waals surface area contributed by atoms with E-state index in [-0.39, 0.29) is 18.0 Å². The highest BCUT2D eigenvalue weighted by atomic mass is 16.5. The molecule has 1 atom stereocenters. The first kappa shape index (κ1) is 17.1. The standard InChI is InChI=1S/C19H31N3O3/c23-18(14-5-6-14)22(16-8-11-25-12-9-16)17-7-10-21(13-17)19(24)20-15-3-1-2-4-15/h14-17H,1-13H2,(H,20,24). The molecule has 0 aromatic carbocycles. The Kier molecular flexibility index (Phi) is 5.15. The van der Waals surface area contributed by atoms with E-state index in [9.17, 15) is 9.59 Å². The van der Waals surface area contributed by atoms with Crippen molar-refractivity contribution in [2.75, 3.05) is 26.3 Å². The number of nitrogens with one attached hydrogen (secondary N) is 1. The zero-order valence-electron chi connectivity index (χ0n) is 15.1. The van der Waals surface area contributed by atoms with Gasteiger partial charge in [0, 0.05) is 44.3 Å². The second kappa shape index (κ2) is 7.52. The number of amides is 3. The SMILES string of the molecule is O=C(NC1CCCC1)N1CCC(N(C(=O)C2CC2)C2CCOCC2)C1. The highest BCUT2D eigenvalue weighted by Gasteiger charge is 2.42. The van der Waals surface area contributed by atoms with Gasteiger partial charge in [0.05, 0.1) is 6.04 Å². The van der Waals surface area contributed by atoms with E-state index >= 15 is 0 Å². The van der Waals surface area contributed by atoms with E-state index in [1.54, 1.807) is 0 Å². The Hall–Kier alpha value is -1.30. The van der Waals surface area contributed by atoms with Gasteiger partial charge in [0.1, 0.15) is 0 Å². The van der Waals surface area contributed by atoms with Crippen molar-refractivity contribution in [3.05, 3.63) is 0 Å². The van der Waals surface area contributed by atoms with Crippen LogP contribution in [0.25, 0.3) is 0 Å². The molecule has 2 saturated carbocycles. The van der Waals surface area contributed by atoms with Crippen molar-refractivity contribution in [1.82, 2.24) is 15.1 Å². The molecule has 2 heterocycles. The average molecular weight is 349 g/mol. The number of ether oxygens (including phenoxy) is 1. The first-order valence-electron chi connectivity index (χ1n) is 10.2. The maximum atomic E-state index is 12.9. The summed E-state index contributed by atoms with van der Waals surface area (Å²) >= 11 is 0. The minimum atomic E-state index is 0.0696. The quantitative estimate of drug-likeness (QED) is 0.846.